The summed E-state index contributed by atoms with van der Waals surface area (Å²) >= 11 is 0. The Morgan fingerprint density at radius 3 is 2.23 bits per heavy atom. The molecular weight excluding hydrogens is 164 g/mol. The van der Waals surface area contributed by atoms with Crippen LogP contribution in [0, 0.1) is 5.92 Å². The van der Waals surface area contributed by atoms with Gasteiger partial charge in [-0.1, -0.05) is 32.6 Å². The Hall–Kier alpha value is -1.05. The summed E-state index contributed by atoms with van der Waals surface area (Å²) < 4.78 is 0. The number of carboxylic acid groups (broad SMARTS) is 1. The molecule has 0 spiro atoms. The normalized spacial score (nSPS) is 10.1. The van der Waals surface area contributed by atoms with Crippen LogP contribution in [-0.2, 0) is 4.79 Å². The van der Waals surface area contributed by atoms with Crippen molar-refractivity contribution in [3.8, 4) is 0 Å². The first-order chi connectivity index (χ1) is 5.93. The fourth-order valence-corrected chi connectivity index (χ4v) is 1.11. The Balaban J connectivity index is 3.71. The number of hydrogen-bond donors (Lipinski definition) is 1. The second-order valence-corrected chi connectivity index (χ2v) is 3.76. The highest BCUT2D eigenvalue weighted by Crippen LogP contribution is 2.16. The number of carboxylic acids is 1. The fraction of sp³-hybridized carbons (Fsp3) is 0.545. The zero-order chi connectivity index (χ0) is 10.4. The minimum absolute atomic E-state index is 0.268. The van der Waals surface area contributed by atoms with Gasteiger partial charge in [-0.15, -0.1) is 0 Å². The lowest BCUT2D eigenvalue weighted by molar-refractivity contribution is -0.132. The Kier molecular flexibility index (Phi) is 5.12. The molecule has 0 atom stereocenters. The van der Waals surface area contributed by atoms with Crippen molar-refractivity contribution in [3.63, 3.8) is 0 Å². The van der Waals surface area contributed by atoms with E-state index < -0.39 is 5.97 Å². The molecule has 0 saturated carbocycles. The first-order valence-electron chi connectivity index (χ1n) is 4.51. The van der Waals surface area contributed by atoms with E-state index in [-0.39, 0.29) is 5.57 Å². The lowest BCUT2D eigenvalue weighted by Crippen LogP contribution is -2.00. The molecule has 74 valence electrons. The van der Waals surface area contributed by atoms with Crippen molar-refractivity contribution < 1.29 is 9.90 Å². The third-order valence-corrected chi connectivity index (χ3v) is 1.78. The van der Waals surface area contributed by atoms with Gasteiger partial charge in [0, 0.05) is 5.57 Å². The van der Waals surface area contributed by atoms with Crippen molar-refractivity contribution in [2.24, 2.45) is 5.92 Å². The lowest BCUT2D eigenvalue weighted by atomic mass is 9.99. The molecule has 2 nitrogen and oxygen atoms in total. The number of rotatable bonds is 6. The van der Waals surface area contributed by atoms with Gasteiger partial charge in [-0.05, 0) is 25.2 Å². The van der Waals surface area contributed by atoms with Crippen molar-refractivity contribution >= 4 is 5.97 Å². The van der Waals surface area contributed by atoms with Gasteiger partial charge < -0.3 is 5.11 Å². The summed E-state index contributed by atoms with van der Waals surface area (Å²) in [6, 6.07) is 0. The standard InChI is InChI=1S/C11H18O2/c1-8(2)7-9(3)5-6-10(4)11(12)13/h8H,3-7H2,1-2H3,(H,12,13). The van der Waals surface area contributed by atoms with Gasteiger partial charge in [-0.3, -0.25) is 0 Å². The predicted octanol–water partition coefficient (Wildman–Crippen LogP) is 3.01. The zero-order valence-corrected chi connectivity index (χ0v) is 8.47. The van der Waals surface area contributed by atoms with E-state index in [1.165, 1.54) is 0 Å². The molecule has 0 aliphatic carbocycles. The number of carbonyl (C=O) groups is 1. The second kappa shape index (κ2) is 5.57. The zero-order valence-electron chi connectivity index (χ0n) is 8.47. The number of hydrogen-bond acceptors (Lipinski definition) is 1. The van der Waals surface area contributed by atoms with E-state index in [0.29, 0.717) is 12.3 Å². The van der Waals surface area contributed by atoms with Gasteiger partial charge in [-0.2, -0.15) is 0 Å². The maximum absolute atomic E-state index is 10.4. The van der Waals surface area contributed by atoms with E-state index in [0.717, 1.165) is 18.4 Å². The molecule has 1 N–H and O–H groups in total. The number of allylic oxidation sites excluding steroid dienone is 1. The molecule has 0 fully saturated rings. The van der Waals surface area contributed by atoms with E-state index in [2.05, 4.69) is 27.0 Å². The van der Waals surface area contributed by atoms with Crippen LogP contribution in [-0.4, -0.2) is 11.1 Å². The topological polar surface area (TPSA) is 37.3 Å². The van der Waals surface area contributed by atoms with Crippen LogP contribution in [0.2, 0.25) is 0 Å². The molecule has 0 saturated heterocycles. The highest BCUT2D eigenvalue weighted by atomic mass is 16.4. The fourth-order valence-electron chi connectivity index (χ4n) is 1.11. The largest absolute Gasteiger partial charge is 0.478 e. The van der Waals surface area contributed by atoms with Crippen molar-refractivity contribution in [3.05, 3.63) is 24.3 Å². The molecule has 2 heteroatoms. The van der Waals surface area contributed by atoms with Gasteiger partial charge in [0.2, 0.25) is 0 Å². The summed E-state index contributed by atoms with van der Waals surface area (Å²) in [5.41, 5.74) is 1.38. The SMILES string of the molecule is C=C(CCC(=C)C(=O)O)CC(C)C. The molecule has 0 aromatic carbocycles. The lowest BCUT2D eigenvalue weighted by Gasteiger charge is -2.07. The highest BCUT2D eigenvalue weighted by molar-refractivity contribution is 5.85. The molecule has 0 unspecified atom stereocenters. The molecule has 0 aromatic heterocycles. The summed E-state index contributed by atoms with van der Waals surface area (Å²) in [5, 5.41) is 8.55. The van der Waals surface area contributed by atoms with E-state index in [1.807, 2.05) is 0 Å². The molecule has 0 aliphatic rings. The summed E-state index contributed by atoms with van der Waals surface area (Å²) in [6.07, 6.45) is 2.22. The summed E-state index contributed by atoms with van der Waals surface area (Å²) in [6.45, 7) is 11.6. The highest BCUT2D eigenvalue weighted by Gasteiger charge is 2.05. The molecule has 0 bridgehead atoms. The predicted molar refractivity (Wildman–Crippen MR) is 54.6 cm³/mol. The Labute approximate surface area is 80.0 Å². The first kappa shape index (κ1) is 11.9. The Morgan fingerprint density at radius 2 is 1.85 bits per heavy atom. The molecule has 13 heavy (non-hydrogen) atoms. The first-order valence-corrected chi connectivity index (χ1v) is 4.51. The van der Waals surface area contributed by atoms with Crippen LogP contribution in [0.25, 0.3) is 0 Å². The van der Waals surface area contributed by atoms with Gasteiger partial charge in [0.05, 0.1) is 0 Å². The minimum atomic E-state index is -0.905. The Morgan fingerprint density at radius 1 is 1.31 bits per heavy atom. The van der Waals surface area contributed by atoms with Crippen LogP contribution in [0.1, 0.15) is 33.1 Å². The second-order valence-electron chi connectivity index (χ2n) is 3.76. The molecule has 0 heterocycles. The summed E-state index contributed by atoms with van der Waals surface area (Å²) in [7, 11) is 0. The summed E-state index contributed by atoms with van der Waals surface area (Å²) in [5.74, 6) is -0.317. The van der Waals surface area contributed by atoms with Gasteiger partial charge in [0.1, 0.15) is 0 Å². The maximum atomic E-state index is 10.4. The van der Waals surface area contributed by atoms with Crippen LogP contribution < -0.4 is 0 Å². The maximum Gasteiger partial charge on any atom is 0.330 e. The van der Waals surface area contributed by atoms with Crippen LogP contribution in [0.15, 0.2) is 24.3 Å². The van der Waals surface area contributed by atoms with Crippen LogP contribution in [0.3, 0.4) is 0 Å². The Bertz CT molecular complexity index is 214. The third-order valence-electron chi connectivity index (χ3n) is 1.78. The smallest absolute Gasteiger partial charge is 0.330 e. The van der Waals surface area contributed by atoms with Crippen LogP contribution in [0.4, 0.5) is 0 Å². The average Bonchev–Trinajstić information content (AvgIpc) is 1.98. The van der Waals surface area contributed by atoms with Gasteiger partial charge in [0.25, 0.3) is 0 Å². The van der Waals surface area contributed by atoms with Gasteiger partial charge in [0.15, 0.2) is 0 Å². The molecule has 0 radical (unpaired) electrons. The quantitative estimate of drug-likeness (QED) is 0.506. The number of aliphatic carboxylic acids is 1. The van der Waals surface area contributed by atoms with E-state index >= 15 is 0 Å². The molecule has 0 aliphatic heterocycles. The monoisotopic (exact) mass is 182 g/mol. The molecule has 0 aromatic rings. The van der Waals surface area contributed by atoms with Crippen molar-refractivity contribution in [1.29, 1.82) is 0 Å². The average molecular weight is 182 g/mol. The van der Waals surface area contributed by atoms with Crippen molar-refractivity contribution in [1.82, 2.24) is 0 Å². The minimum Gasteiger partial charge on any atom is -0.478 e. The van der Waals surface area contributed by atoms with E-state index in [9.17, 15) is 4.79 Å². The van der Waals surface area contributed by atoms with Gasteiger partial charge in [-0.25, -0.2) is 4.79 Å². The van der Waals surface area contributed by atoms with Gasteiger partial charge >= 0.3 is 5.97 Å². The summed E-state index contributed by atoms with van der Waals surface area (Å²) in [4.78, 5) is 10.4. The third kappa shape index (κ3) is 6.14. The van der Waals surface area contributed by atoms with Crippen molar-refractivity contribution in [2.45, 2.75) is 33.1 Å². The molecular formula is C11H18O2. The van der Waals surface area contributed by atoms with Crippen LogP contribution in [0.5, 0.6) is 0 Å². The van der Waals surface area contributed by atoms with Crippen LogP contribution >= 0.6 is 0 Å². The van der Waals surface area contributed by atoms with E-state index in [4.69, 9.17) is 5.11 Å². The molecule has 0 rings (SSSR count). The molecule has 0 amide bonds. The van der Waals surface area contributed by atoms with E-state index in [1.54, 1.807) is 0 Å². The van der Waals surface area contributed by atoms with Crippen molar-refractivity contribution in [2.75, 3.05) is 0 Å².